The van der Waals surface area contributed by atoms with E-state index < -0.39 is 0 Å². The molecule has 3 rings (SSSR count). The number of fused-ring (bicyclic) bond motifs is 1. The van der Waals surface area contributed by atoms with Crippen LogP contribution in [-0.2, 0) is 13.5 Å². The molecule has 0 bridgehead atoms. The Labute approximate surface area is 108 Å². The molecule has 3 heteroatoms. The maximum Gasteiger partial charge on any atom is 0.139 e. The van der Waals surface area contributed by atoms with E-state index in [1.807, 2.05) is 19.4 Å². The molecule has 0 amide bonds. The molecule has 1 N–H and O–H groups in total. The summed E-state index contributed by atoms with van der Waals surface area (Å²) < 4.78 is 2.08. The fraction of sp³-hybridized carbons (Fsp3) is 0.400. The van der Waals surface area contributed by atoms with Gasteiger partial charge in [-0.15, -0.1) is 0 Å². The predicted molar refractivity (Wildman–Crippen MR) is 74.7 cm³/mol. The summed E-state index contributed by atoms with van der Waals surface area (Å²) >= 11 is 0. The molecular formula is C15H19N3. The lowest BCUT2D eigenvalue weighted by atomic mass is 9.87. The third-order valence-electron chi connectivity index (χ3n) is 3.71. The molecule has 2 heterocycles. The number of hydrogen-bond acceptors (Lipinski definition) is 2. The lowest BCUT2D eigenvalue weighted by Crippen LogP contribution is -2.35. The van der Waals surface area contributed by atoms with Crippen molar-refractivity contribution >= 4 is 5.69 Å². The maximum absolute atomic E-state index is 4.47. The zero-order valence-electron chi connectivity index (χ0n) is 11.2. The van der Waals surface area contributed by atoms with Crippen LogP contribution in [0.2, 0.25) is 0 Å². The lowest BCUT2D eigenvalue weighted by Gasteiger charge is -2.34. The van der Waals surface area contributed by atoms with Gasteiger partial charge in [0, 0.05) is 36.2 Å². The Morgan fingerprint density at radius 1 is 1.33 bits per heavy atom. The Morgan fingerprint density at radius 2 is 2.17 bits per heavy atom. The Morgan fingerprint density at radius 3 is 2.89 bits per heavy atom. The Kier molecular flexibility index (Phi) is 2.44. The first kappa shape index (κ1) is 11.3. The number of aromatic nitrogens is 2. The smallest absolute Gasteiger partial charge is 0.139 e. The van der Waals surface area contributed by atoms with E-state index in [2.05, 4.69) is 46.9 Å². The van der Waals surface area contributed by atoms with Crippen LogP contribution in [0.4, 0.5) is 5.69 Å². The van der Waals surface area contributed by atoms with Crippen molar-refractivity contribution in [1.29, 1.82) is 0 Å². The summed E-state index contributed by atoms with van der Waals surface area (Å²) in [5.74, 6) is 1.05. The lowest BCUT2D eigenvalue weighted by molar-refractivity contribution is 0.502. The first-order valence-corrected chi connectivity index (χ1v) is 6.45. The van der Waals surface area contributed by atoms with E-state index in [9.17, 15) is 0 Å². The van der Waals surface area contributed by atoms with Crippen LogP contribution in [0.1, 0.15) is 25.8 Å². The highest BCUT2D eigenvalue weighted by atomic mass is 15.0. The number of nitrogens with zero attached hydrogens (tertiary/aromatic N) is 2. The molecule has 2 aromatic rings. The molecule has 3 nitrogen and oxygen atoms in total. The van der Waals surface area contributed by atoms with Crippen LogP contribution >= 0.6 is 0 Å². The molecule has 0 radical (unpaired) electrons. The van der Waals surface area contributed by atoms with Gasteiger partial charge in [-0.3, -0.25) is 0 Å². The van der Waals surface area contributed by atoms with Gasteiger partial charge in [-0.1, -0.05) is 12.1 Å². The van der Waals surface area contributed by atoms with E-state index in [4.69, 9.17) is 0 Å². The molecule has 18 heavy (non-hydrogen) atoms. The third-order valence-corrected chi connectivity index (χ3v) is 3.71. The van der Waals surface area contributed by atoms with Gasteiger partial charge in [0.05, 0.1) is 0 Å². The van der Waals surface area contributed by atoms with Gasteiger partial charge < -0.3 is 9.88 Å². The standard InChI is InChI=1S/C15H19N3/c1-15(2)8-7-11-12(5-4-6-13(11)17-15)14-16-9-10-18(14)3/h4-6,9-10,17H,7-8H2,1-3H3. The second-order valence-electron chi connectivity index (χ2n) is 5.70. The van der Waals surface area contributed by atoms with Crippen molar-refractivity contribution in [2.75, 3.05) is 5.32 Å². The Balaban J connectivity index is 2.12. The minimum atomic E-state index is 0.188. The minimum absolute atomic E-state index is 0.188. The van der Waals surface area contributed by atoms with Crippen molar-refractivity contribution in [3.63, 3.8) is 0 Å². The molecule has 0 unspecified atom stereocenters. The fourth-order valence-electron chi connectivity index (χ4n) is 2.67. The van der Waals surface area contributed by atoms with Gasteiger partial charge >= 0.3 is 0 Å². The summed E-state index contributed by atoms with van der Waals surface area (Å²) in [7, 11) is 2.04. The van der Waals surface area contributed by atoms with Crippen LogP contribution in [0.3, 0.4) is 0 Å². The van der Waals surface area contributed by atoms with Gasteiger partial charge in [-0.2, -0.15) is 0 Å². The quantitative estimate of drug-likeness (QED) is 0.830. The monoisotopic (exact) mass is 241 g/mol. The summed E-state index contributed by atoms with van der Waals surface area (Å²) in [6.07, 6.45) is 6.11. The Bertz CT molecular complexity index is 581. The molecule has 94 valence electrons. The van der Waals surface area contributed by atoms with Crippen LogP contribution in [0, 0.1) is 0 Å². The van der Waals surface area contributed by atoms with E-state index in [-0.39, 0.29) is 5.54 Å². The molecule has 0 fully saturated rings. The average molecular weight is 241 g/mol. The summed E-state index contributed by atoms with van der Waals surface area (Å²) in [4.78, 5) is 4.47. The summed E-state index contributed by atoms with van der Waals surface area (Å²) in [6.45, 7) is 4.51. The highest BCUT2D eigenvalue weighted by Crippen LogP contribution is 2.36. The fourth-order valence-corrected chi connectivity index (χ4v) is 2.67. The second kappa shape index (κ2) is 3.87. The molecule has 0 atom stereocenters. The van der Waals surface area contributed by atoms with Crippen molar-refractivity contribution in [3.8, 4) is 11.4 Å². The van der Waals surface area contributed by atoms with Crippen molar-refractivity contribution in [2.45, 2.75) is 32.2 Å². The van der Waals surface area contributed by atoms with Crippen LogP contribution in [0.25, 0.3) is 11.4 Å². The van der Waals surface area contributed by atoms with Crippen molar-refractivity contribution in [2.24, 2.45) is 7.05 Å². The topological polar surface area (TPSA) is 29.9 Å². The summed E-state index contributed by atoms with van der Waals surface area (Å²) in [5, 5.41) is 3.62. The molecule has 1 aliphatic heterocycles. The SMILES string of the molecule is Cn1ccnc1-c1cccc2c1CCC(C)(C)N2. The molecular weight excluding hydrogens is 222 g/mol. The van der Waals surface area contributed by atoms with Gasteiger partial charge in [-0.05, 0) is 38.3 Å². The molecule has 0 saturated heterocycles. The Hall–Kier alpha value is -1.77. The normalized spacial score (nSPS) is 17.1. The largest absolute Gasteiger partial charge is 0.380 e. The number of aryl methyl sites for hydroxylation is 1. The van der Waals surface area contributed by atoms with Gasteiger partial charge in [-0.25, -0.2) is 4.98 Å². The number of nitrogens with one attached hydrogen (secondary N) is 1. The molecule has 1 aromatic heterocycles. The van der Waals surface area contributed by atoms with Crippen molar-refractivity contribution in [3.05, 3.63) is 36.2 Å². The first-order valence-electron chi connectivity index (χ1n) is 6.45. The first-order chi connectivity index (χ1) is 8.57. The molecule has 0 saturated carbocycles. The molecule has 1 aliphatic rings. The van der Waals surface area contributed by atoms with Gasteiger partial charge in [0.2, 0.25) is 0 Å². The number of anilines is 1. The third kappa shape index (κ3) is 1.80. The number of hydrogen-bond donors (Lipinski definition) is 1. The molecule has 0 spiro atoms. The van der Waals surface area contributed by atoms with Crippen LogP contribution in [-0.4, -0.2) is 15.1 Å². The van der Waals surface area contributed by atoms with E-state index >= 15 is 0 Å². The zero-order chi connectivity index (χ0) is 12.8. The predicted octanol–water partition coefficient (Wildman–Crippen LogP) is 3.22. The number of benzene rings is 1. The van der Waals surface area contributed by atoms with Crippen molar-refractivity contribution < 1.29 is 0 Å². The van der Waals surface area contributed by atoms with E-state index in [0.717, 1.165) is 18.7 Å². The average Bonchev–Trinajstić information content (AvgIpc) is 2.73. The number of rotatable bonds is 1. The second-order valence-corrected chi connectivity index (χ2v) is 5.70. The van der Waals surface area contributed by atoms with Crippen LogP contribution in [0.5, 0.6) is 0 Å². The van der Waals surface area contributed by atoms with Gasteiger partial charge in [0.25, 0.3) is 0 Å². The highest BCUT2D eigenvalue weighted by Gasteiger charge is 2.26. The maximum atomic E-state index is 4.47. The highest BCUT2D eigenvalue weighted by molar-refractivity contribution is 5.71. The summed E-state index contributed by atoms with van der Waals surface area (Å²) in [5.41, 5.74) is 4.09. The van der Waals surface area contributed by atoms with E-state index in [1.54, 1.807) is 0 Å². The van der Waals surface area contributed by atoms with Crippen LogP contribution in [0.15, 0.2) is 30.6 Å². The van der Waals surface area contributed by atoms with Crippen molar-refractivity contribution in [1.82, 2.24) is 9.55 Å². The van der Waals surface area contributed by atoms with Gasteiger partial charge in [0.15, 0.2) is 0 Å². The number of imidazole rings is 1. The van der Waals surface area contributed by atoms with Crippen LogP contribution < -0.4 is 5.32 Å². The minimum Gasteiger partial charge on any atom is -0.380 e. The van der Waals surface area contributed by atoms with Gasteiger partial charge in [0.1, 0.15) is 5.82 Å². The molecule has 1 aromatic carbocycles. The van der Waals surface area contributed by atoms with E-state index in [1.165, 1.54) is 16.8 Å². The van der Waals surface area contributed by atoms with E-state index in [0.29, 0.717) is 0 Å². The summed E-state index contributed by atoms with van der Waals surface area (Å²) in [6, 6.07) is 6.45. The zero-order valence-corrected chi connectivity index (χ0v) is 11.2. The molecule has 0 aliphatic carbocycles.